The van der Waals surface area contributed by atoms with Crippen molar-refractivity contribution in [1.29, 1.82) is 0 Å². The zero-order valence-corrected chi connectivity index (χ0v) is 10.6. The van der Waals surface area contributed by atoms with Crippen molar-refractivity contribution in [1.82, 2.24) is 10.0 Å². The van der Waals surface area contributed by atoms with Crippen molar-refractivity contribution >= 4 is 15.9 Å². The summed E-state index contributed by atoms with van der Waals surface area (Å²) in [7, 11) is -3.26. The minimum absolute atomic E-state index is 0.104. The first-order valence-corrected chi connectivity index (χ1v) is 7.07. The molecule has 0 aliphatic carbocycles. The van der Waals surface area contributed by atoms with E-state index in [0.717, 1.165) is 0 Å². The third-order valence-corrected chi connectivity index (χ3v) is 3.65. The van der Waals surface area contributed by atoms with Crippen LogP contribution in [0.4, 0.5) is 0 Å². The van der Waals surface area contributed by atoms with Gasteiger partial charge in [0, 0.05) is 25.6 Å². The number of carbonyl (C=O) groups is 1. The average Bonchev–Trinajstić information content (AvgIpc) is 2.19. The molecule has 0 aromatic rings. The lowest BCUT2D eigenvalue weighted by Crippen LogP contribution is -2.39. The van der Waals surface area contributed by atoms with E-state index in [-0.39, 0.29) is 30.7 Å². The zero-order valence-electron chi connectivity index (χ0n) is 9.82. The minimum atomic E-state index is -3.26. The van der Waals surface area contributed by atoms with Crippen molar-refractivity contribution in [2.75, 3.05) is 25.4 Å². The second kappa shape index (κ2) is 7.59. The molecule has 0 aliphatic rings. The Kier molecular flexibility index (Phi) is 7.27. The fraction of sp³-hybridized carbons (Fsp3) is 0.889. The highest BCUT2D eigenvalue weighted by Gasteiger charge is 2.15. The van der Waals surface area contributed by atoms with Crippen LogP contribution in [-0.4, -0.2) is 39.7 Å². The number of rotatable bonds is 8. The molecule has 6 nitrogen and oxygen atoms in total. The number of amides is 1. The molecule has 0 radical (unpaired) electrons. The summed E-state index contributed by atoms with van der Waals surface area (Å²) in [5.41, 5.74) is 5.40. The number of nitrogens with one attached hydrogen (secondary N) is 2. The standard InChI is InChI=1S/C9H21N3O3S/c1-3-8(7-10)9(13)11-5-6-16(14,15)12-4-2/h8,12H,3-7,10H2,1-2H3,(H,11,13). The summed E-state index contributed by atoms with van der Waals surface area (Å²) in [4.78, 5) is 11.4. The molecule has 1 amide bonds. The summed E-state index contributed by atoms with van der Waals surface area (Å²) in [6.07, 6.45) is 0.655. The largest absolute Gasteiger partial charge is 0.355 e. The predicted octanol–water partition coefficient (Wildman–Crippen LogP) is -0.973. The molecule has 96 valence electrons. The molecular weight excluding hydrogens is 230 g/mol. The molecule has 4 N–H and O–H groups in total. The van der Waals surface area contributed by atoms with E-state index >= 15 is 0 Å². The average molecular weight is 251 g/mol. The lowest BCUT2D eigenvalue weighted by Gasteiger charge is -2.12. The Labute approximate surface area is 97.0 Å². The van der Waals surface area contributed by atoms with Gasteiger partial charge in [0.25, 0.3) is 0 Å². The number of hydrogen-bond acceptors (Lipinski definition) is 4. The summed E-state index contributed by atoms with van der Waals surface area (Å²) < 4.78 is 24.8. The van der Waals surface area contributed by atoms with Gasteiger partial charge < -0.3 is 11.1 Å². The highest BCUT2D eigenvalue weighted by atomic mass is 32.2. The van der Waals surface area contributed by atoms with Crippen LogP contribution in [-0.2, 0) is 14.8 Å². The number of sulfonamides is 1. The molecule has 7 heteroatoms. The van der Waals surface area contributed by atoms with Gasteiger partial charge in [0.2, 0.25) is 15.9 Å². The SMILES string of the molecule is CCNS(=O)(=O)CCNC(=O)C(CC)CN. The Hall–Kier alpha value is -0.660. The van der Waals surface area contributed by atoms with Crippen LogP contribution in [0.5, 0.6) is 0 Å². The smallest absolute Gasteiger partial charge is 0.224 e. The fourth-order valence-electron chi connectivity index (χ4n) is 1.20. The second-order valence-corrected chi connectivity index (χ2v) is 5.38. The minimum Gasteiger partial charge on any atom is -0.355 e. The van der Waals surface area contributed by atoms with Gasteiger partial charge >= 0.3 is 0 Å². The summed E-state index contributed by atoms with van der Waals surface area (Å²) in [5, 5.41) is 2.56. The van der Waals surface area contributed by atoms with Crippen LogP contribution in [0.1, 0.15) is 20.3 Å². The van der Waals surface area contributed by atoms with Gasteiger partial charge in [-0.05, 0) is 6.42 Å². The molecule has 0 aromatic heterocycles. The Bertz CT molecular complexity index is 299. The van der Waals surface area contributed by atoms with Crippen LogP contribution >= 0.6 is 0 Å². The van der Waals surface area contributed by atoms with Crippen molar-refractivity contribution < 1.29 is 13.2 Å². The normalized spacial score (nSPS) is 13.4. The van der Waals surface area contributed by atoms with Gasteiger partial charge in [-0.2, -0.15) is 0 Å². The summed E-state index contributed by atoms with van der Waals surface area (Å²) in [5.74, 6) is -0.522. The maximum Gasteiger partial charge on any atom is 0.224 e. The molecule has 0 aliphatic heterocycles. The fourth-order valence-corrected chi connectivity index (χ4v) is 2.16. The van der Waals surface area contributed by atoms with Crippen LogP contribution in [0.3, 0.4) is 0 Å². The maximum atomic E-state index is 11.4. The highest BCUT2D eigenvalue weighted by molar-refractivity contribution is 7.89. The van der Waals surface area contributed by atoms with Gasteiger partial charge in [-0.3, -0.25) is 4.79 Å². The second-order valence-electron chi connectivity index (χ2n) is 3.45. The molecule has 0 saturated carbocycles. The molecule has 0 heterocycles. The van der Waals surface area contributed by atoms with Crippen LogP contribution in [0.15, 0.2) is 0 Å². The van der Waals surface area contributed by atoms with Crippen molar-refractivity contribution in [2.45, 2.75) is 20.3 Å². The zero-order chi connectivity index (χ0) is 12.6. The molecular formula is C9H21N3O3S. The third kappa shape index (κ3) is 6.04. The van der Waals surface area contributed by atoms with Gasteiger partial charge in [-0.25, -0.2) is 13.1 Å². The highest BCUT2D eigenvalue weighted by Crippen LogP contribution is 1.98. The number of nitrogens with two attached hydrogens (primary N) is 1. The Morgan fingerprint density at radius 1 is 1.38 bits per heavy atom. The van der Waals surface area contributed by atoms with Gasteiger partial charge in [0.15, 0.2) is 0 Å². The van der Waals surface area contributed by atoms with Gasteiger partial charge in [0.1, 0.15) is 0 Å². The van der Waals surface area contributed by atoms with Crippen LogP contribution in [0, 0.1) is 5.92 Å². The van der Waals surface area contributed by atoms with E-state index in [2.05, 4.69) is 10.0 Å². The van der Waals surface area contributed by atoms with E-state index in [1.165, 1.54) is 0 Å². The van der Waals surface area contributed by atoms with Crippen molar-refractivity contribution in [3.8, 4) is 0 Å². The lowest BCUT2D eigenvalue weighted by molar-refractivity contribution is -0.124. The Balaban J connectivity index is 3.94. The maximum absolute atomic E-state index is 11.4. The monoisotopic (exact) mass is 251 g/mol. The van der Waals surface area contributed by atoms with E-state index in [4.69, 9.17) is 5.73 Å². The van der Waals surface area contributed by atoms with Crippen LogP contribution in [0.2, 0.25) is 0 Å². The summed E-state index contributed by atoms with van der Waals surface area (Å²) >= 11 is 0. The molecule has 1 atom stereocenters. The number of carbonyl (C=O) groups excluding carboxylic acids is 1. The van der Waals surface area contributed by atoms with Gasteiger partial charge in [0.05, 0.1) is 5.75 Å². The molecule has 0 aromatic carbocycles. The summed E-state index contributed by atoms with van der Waals surface area (Å²) in [6, 6.07) is 0. The molecule has 0 spiro atoms. The quantitative estimate of drug-likeness (QED) is 0.516. The molecule has 16 heavy (non-hydrogen) atoms. The first-order chi connectivity index (χ1) is 7.46. The number of hydrogen-bond donors (Lipinski definition) is 3. The first kappa shape index (κ1) is 15.3. The van der Waals surface area contributed by atoms with Gasteiger partial charge in [-0.1, -0.05) is 13.8 Å². The Morgan fingerprint density at radius 2 is 2.00 bits per heavy atom. The molecule has 0 saturated heterocycles. The van der Waals surface area contributed by atoms with E-state index in [0.29, 0.717) is 13.0 Å². The first-order valence-electron chi connectivity index (χ1n) is 5.41. The molecule has 0 fully saturated rings. The predicted molar refractivity (Wildman–Crippen MR) is 63.3 cm³/mol. The van der Waals surface area contributed by atoms with E-state index in [1.807, 2.05) is 6.92 Å². The van der Waals surface area contributed by atoms with E-state index in [9.17, 15) is 13.2 Å². The van der Waals surface area contributed by atoms with Crippen molar-refractivity contribution in [2.24, 2.45) is 11.7 Å². The van der Waals surface area contributed by atoms with Crippen LogP contribution < -0.4 is 15.8 Å². The third-order valence-electron chi connectivity index (χ3n) is 2.18. The van der Waals surface area contributed by atoms with Crippen LogP contribution in [0.25, 0.3) is 0 Å². The Morgan fingerprint density at radius 3 is 2.44 bits per heavy atom. The van der Waals surface area contributed by atoms with Crippen molar-refractivity contribution in [3.05, 3.63) is 0 Å². The van der Waals surface area contributed by atoms with Gasteiger partial charge in [-0.15, -0.1) is 0 Å². The molecule has 1 unspecified atom stereocenters. The lowest BCUT2D eigenvalue weighted by atomic mass is 10.1. The van der Waals surface area contributed by atoms with Crippen molar-refractivity contribution in [3.63, 3.8) is 0 Å². The topological polar surface area (TPSA) is 101 Å². The molecule has 0 bridgehead atoms. The summed E-state index contributed by atoms with van der Waals surface area (Å²) in [6.45, 7) is 4.33. The van der Waals surface area contributed by atoms with E-state index in [1.54, 1.807) is 6.92 Å². The van der Waals surface area contributed by atoms with E-state index < -0.39 is 10.0 Å². The molecule has 0 rings (SSSR count).